The summed E-state index contributed by atoms with van der Waals surface area (Å²) in [6.45, 7) is 6.81. The first-order chi connectivity index (χ1) is 5.79. The molecule has 0 spiro atoms. The van der Waals surface area contributed by atoms with E-state index in [0.717, 1.165) is 0 Å². The third-order valence-electron chi connectivity index (χ3n) is 3.11. The van der Waals surface area contributed by atoms with Gasteiger partial charge in [-0.05, 0) is 24.7 Å². The van der Waals surface area contributed by atoms with Gasteiger partial charge in [-0.15, -0.1) is 0 Å². The maximum Gasteiger partial charge on any atom is 0.00722 e. The quantitative estimate of drug-likeness (QED) is 0.592. The van der Waals surface area contributed by atoms with Gasteiger partial charge in [0, 0.05) is 5.92 Å². The Hall–Kier alpha value is -0.520. The molecule has 1 radical (unpaired) electrons. The summed E-state index contributed by atoms with van der Waals surface area (Å²) in [7, 11) is 0. The highest BCUT2D eigenvalue weighted by molar-refractivity contribution is 5.32. The fourth-order valence-corrected chi connectivity index (χ4v) is 2.09. The van der Waals surface area contributed by atoms with Crippen molar-refractivity contribution >= 4 is 0 Å². The van der Waals surface area contributed by atoms with Gasteiger partial charge < -0.3 is 0 Å². The van der Waals surface area contributed by atoms with Crippen LogP contribution in [0.3, 0.4) is 0 Å². The summed E-state index contributed by atoms with van der Waals surface area (Å²) >= 11 is 0. The molecule has 0 bridgehead atoms. The van der Waals surface area contributed by atoms with E-state index < -0.39 is 0 Å². The number of rotatable bonds is 3. The van der Waals surface area contributed by atoms with E-state index in [1.807, 2.05) is 0 Å². The number of hydrogen-bond acceptors (Lipinski definition) is 0. The van der Waals surface area contributed by atoms with E-state index in [1.54, 1.807) is 5.92 Å². The molecule has 0 aromatic carbocycles. The smallest absolute Gasteiger partial charge is 0.00722 e. The monoisotopic (exact) mass is 163 g/mol. The van der Waals surface area contributed by atoms with Crippen molar-refractivity contribution in [2.45, 2.75) is 40.0 Å². The SMILES string of the molecule is CC[C]1C=CC=CC1(CC)CC. The molecule has 0 amide bonds. The Balaban J connectivity index is 2.84. The van der Waals surface area contributed by atoms with Gasteiger partial charge in [-0.1, -0.05) is 45.1 Å². The van der Waals surface area contributed by atoms with Crippen molar-refractivity contribution in [3.05, 3.63) is 30.2 Å². The molecule has 1 rings (SSSR count). The van der Waals surface area contributed by atoms with Crippen LogP contribution in [0.4, 0.5) is 0 Å². The van der Waals surface area contributed by atoms with Crippen LogP contribution in [0.2, 0.25) is 0 Å². The molecule has 67 valence electrons. The minimum absolute atomic E-state index is 0.378. The molecule has 1 aliphatic rings. The largest absolute Gasteiger partial charge is 0.0774 e. The molecular weight excluding hydrogens is 144 g/mol. The Morgan fingerprint density at radius 2 is 1.75 bits per heavy atom. The zero-order valence-corrected chi connectivity index (χ0v) is 8.43. The van der Waals surface area contributed by atoms with Crippen LogP contribution in [0.25, 0.3) is 0 Å². The predicted molar refractivity (Wildman–Crippen MR) is 54.8 cm³/mol. The molecule has 0 unspecified atom stereocenters. The van der Waals surface area contributed by atoms with Gasteiger partial charge in [-0.3, -0.25) is 0 Å². The number of hydrogen-bond donors (Lipinski definition) is 0. The highest BCUT2D eigenvalue weighted by Crippen LogP contribution is 2.43. The highest BCUT2D eigenvalue weighted by atomic mass is 14.3. The van der Waals surface area contributed by atoms with Crippen molar-refractivity contribution in [2.24, 2.45) is 5.41 Å². The van der Waals surface area contributed by atoms with Crippen LogP contribution in [-0.4, -0.2) is 0 Å². The number of allylic oxidation sites excluding steroid dienone is 4. The average molecular weight is 163 g/mol. The van der Waals surface area contributed by atoms with Crippen LogP contribution in [0.1, 0.15) is 40.0 Å². The highest BCUT2D eigenvalue weighted by Gasteiger charge is 2.31. The van der Waals surface area contributed by atoms with E-state index in [0.29, 0.717) is 5.41 Å². The molecule has 0 nitrogen and oxygen atoms in total. The average Bonchev–Trinajstić information content (AvgIpc) is 2.17. The lowest BCUT2D eigenvalue weighted by Gasteiger charge is -2.36. The molecule has 0 heterocycles. The van der Waals surface area contributed by atoms with E-state index >= 15 is 0 Å². The summed E-state index contributed by atoms with van der Waals surface area (Å²) in [4.78, 5) is 0. The minimum atomic E-state index is 0.378. The van der Waals surface area contributed by atoms with E-state index in [-0.39, 0.29) is 0 Å². The lowest BCUT2D eigenvalue weighted by atomic mass is 9.68. The predicted octanol–water partition coefficient (Wildman–Crippen LogP) is 3.90. The molecule has 0 saturated heterocycles. The first-order valence-corrected chi connectivity index (χ1v) is 5.01. The second kappa shape index (κ2) is 3.93. The van der Waals surface area contributed by atoms with Crippen LogP contribution in [0.15, 0.2) is 24.3 Å². The van der Waals surface area contributed by atoms with E-state index in [4.69, 9.17) is 0 Å². The van der Waals surface area contributed by atoms with Gasteiger partial charge in [0.05, 0.1) is 0 Å². The second-order valence-corrected chi connectivity index (χ2v) is 3.46. The van der Waals surface area contributed by atoms with Crippen LogP contribution >= 0.6 is 0 Å². The molecule has 12 heavy (non-hydrogen) atoms. The van der Waals surface area contributed by atoms with Crippen molar-refractivity contribution in [1.82, 2.24) is 0 Å². The topological polar surface area (TPSA) is 0 Å². The summed E-state index contributed by atoms with van der Waals surface area (Å²) in [5, 5.41) is 0. The van der Waals surface area contributed by atoms with Gasteiger partial charge in [-0.2, -0.15) is 0 Å². The molecule has 0 aromatic heterocycles. The van der Waals surface area contributed by atoms with Gasteiger partial charge >= 0.3 is 0 Å². The van der Waals surface area contributed by atoms with Crippen LogP contribution < -0.4 is 0 Å². The molecule has 0 atom stereocenters. The fourth-order valence-electron chi connectivity index (χ4n) is 2.09. The Labute approximate surface area is 76.4 Å². The van der Waals surface area contributed by atoms with Gasteiger partial charge in [0.2, 0.25) is 0 Å². The summed E-state index contributed by atoms with van der Waals surface area (Å²) < 4.78 is 0. The maximum absolute atomic E-state index is 2.37. The van der Waals surface area contributed by atoms with E-state index in [2.05, 4.69) is 45.1 Å². The van der Waals surface area contributed by atoms with Crippen LogP contribution in [0.5, 0.6) is 0 Å². The first-order valence-electron chi connectivity index (χ1n) is 5.01. The molecule has 0 heteroatoms. The Bertz CT molecular complexity index is 182. The van der Waals surface area contributed by atoms with Gasteiger partial charge in [0.15, 0.2) is 0 Å². The molecule has 0 aromatic rings. The van der Waals surface area contributed by atoms with Crippen molar-refractivity contribution in [1.29, 1.82) is 0 Å². The molecule has 0 saturated carbocycles. The zero-order chi connectivity index (χ0) is 9.03. The van der Waals surface area contributed by atoms with Gasteiger partial charge in [0.1, 0.15) is 0 Å². The van der Waals surface area contributed by atoms with Crippen molar-refractivity contribution < 1.29 is 0 Å². The second-order valence-electron chi connectivity index (χ2n) is 3.46. The van der Waals surface area contributed by atoms with Crippen LogP contribution in [-0.2, 0) is 0 Å². The molecule has 0 N–H and O–H groups in total. The Morgan fingerprint density at radius 1 is 1.08 bits per heavy atom. The standard InChI is InChI=1S/C12H19/c1-4-11-9-7-8-10-12(11,5-2)6-3/h7-10H,4-6H2,1-3H3. The molecule has 0 fully saturated rings. The van der Waals surface area contributed by atoms with Gasteiger partial charge in [0.25, 0.3) is 0 Å². The normalized spacial score (nSPS) is 21.6. The van der Waals surface area contributed by atoms with E-state index in [9.17, 15) is 0 Å². The first kappa shape index (κ1) is 9.57. The van der Waals surface area contributed by atoms with E-state index in [1.165, 1.54) is 19.3 Å². The van der Waals surface area contributed by atoms with Crippen molar-refractivity contribution in [3.8, 4) is 0 Å². The third kappa shape index (κ3) is 1.48. The Kier molecular flexibility index (Phi) is 3.13. The molecular formula is C12H19. The summed E-state index contributed by atoms with van der Waals surface area (Å²) in [6, 6.07) is 0. The van der Waals surface area contributed by atoms with Crippen LogP contribution in [0, 0.1) is 11.3 Å². The third-order valence-corrected chi connectivity index (χ3v) is 3.11. The lowest BCUT2D eigenvalue weighted by Crippen LogP contribution is -2.25. The maximum atomic E-state index is 2.37. The fraction of sp³-hybridized carbons (Fsp3) is 0.583. The molecule has 1 aliphatic carbocycles. The van der Waals surface area contributed by atoms with Crippen molar-refractivity contribution in [3.63, 3.8) is 0 Å². The summed E-state index contributed by atoms with van der Waals surface area (Å²) in [5.41, 5.74) is 0.378. The van der Waals surface area contributed by atoms with Gasteiger partial charge in [-0.25, -0.2) is 0 Å². The van der Waals surface area contributed by atoms with Crippen molar-refractivity contribution in [2.75, 3.05) is 0 Å². The minimum Gasteiger partial charge on any atom is -0.0774 e. The molecule has 0 aliphatic heterocycles. The Morgan fingerprint density at radius 3 is 2.17 bits per heavy atom. The summed E-state index contributed by atoms with van der Waals surface area (Å²) in [6.07, 6.45) is 12.6. The lowest BCUT2D eigenvalue weighted by molar-refractivity contribution is 0.371. The summed E-state index contributed by atoms with van der Waals surface area (Å²) in [5.74, 6) is 1.59. The zero-order valence-electron chi connectivity index (χ0n) is 8.43.